The molecule has 0 saturated carbocycles. The van der Waals surface area contributed by atoms with Gasteiger partial charge in [0.25, 0.3) is 0 Å². The van der Waals surface area contributed by atoms with E-state index in [1.165, 1.54) is 62.2 Å². The molecule has 24 aromatic rings. The Kier molecular flexibility index (Phi) is 30.0. The second-order valence-electron chi connectivity index (χ2n) is 35.7. The van der Waals surface area contributed by atoms with Gasteiger partial charge in [-0.05, 0) is 198 Å². The lowest BCUT2D eigenvalue weighted by Gasteiger charge is -2.35. The third-order valence-electron chi connectivity index (χ3n) is 28.2. The Morgan fingerprint density at radius 3 is 0.805 bits per heavy atom. The smallest absolute Gasteiger partial charge is 0.194 e. The van der Waals surface area contributed by atoms with Gasteiger partial charge in [-0.2, -0.15) is 5.26 Å². The lowest BCUT2D eigenvalue weighted by atomic mass is 9.99. The Morgan fingerprint density at radius 2 is 0.456 bits per heavy atom. The minimum absolute atomic E-state index is 0. The van der Waals surface area contributed by atoms with Gasteiger partial charge in [-0.3, -0.25) is 0 Å². The third-order valence-corrected chi connectivity index (χ3v) is 42.5. The number of nitrogens with zero attached hydrogens (tertiary/aromatic N) is 9. The zero-order valence-electron chi connectivity index (χ0n) is 78.3. The van der Waals surface area contributed by atoms with Gasteiger partial charge in [0.15, 0.2) is 52.7 Å². The number of hydrogen-bond donors (Lipinski definition) is 0. The van der Waals surface area contributed by atoms with E-state index >= 15 is 0 Å². The molecule has 12 heteroatoms. The predicted molar refractivity (Wildman–Crippen MR) is 639 cm³/mol. The summed E-state index contributed by atoms with van der Waals surface area (Å²) in [6.07, 6.45) is 0. The van der Waals surface area contributed by atoms with Gasteiger partial charge >= 0.3 is 0 Å². The van der Waals surface area contributed by atoms with Crippen molar-refractivity contribution in [1.29, 1.82) is 5.26 Å². The Bertz CT molecular complexity index is 8950. The predicted octanol–water partition coefficient (Wildman–Crippen LogP) is 29.3. The van der Waals surface area contributed by atoms with Gasteiger partial charge in [-0.1, -0.05) is 479 Å². The molecule has 0 saturated heterocycles. The summed E-state index contributed by atoms with van der Waals surface area (Å²) in [6.45, 7) is 39.2. The maximum Gasteiger partial charge on any atom is 0.194 e. The molecule has 0 spiro atoms. The lowest BCUT2D eigenvalue weighted by Crippen LogP contribution is -2.74. The van der Waals surface area contributed by atoms with E-state index in [0.717, 1.165) is 116 Å². The SMILES string of the molecule is C.C.C.C.C.[C-]#[N+]c1ccc2c(c1)c1ccccc1n2-c1ccc(-c2cc([Si](c3ccccc3)(c3ccccc3)c3ccccc3)ccc2[N+]#[C-])cc1.[C-]#[N+]c1ccc2c(c1)c1ccccc1n2-c1ccc(-c2ccc([Si](c3ccccc3)(c3ccccc3)c3ccccc3)cc2)c(C#N)c1.[C-]#[N+]c1ccc2c(c1)c1ccccc1n2-c1cccc(-c2ccc([Si](c3ccccc3)(c3ccccc3)c3ccccc3)cc2[N+]#[C-])c1. The highest BCUT2D eigenvalue weighted by Crippen LogP contribution is 2.42. The molecule has 3 aromatic heterocycles. The number of fused-ring (bicyclic) bond motifs is 9. The van der Waals surface area contributed by atoms with Crippen molar-refractivity contribution < 1.29 is 0 Å². The van der Waals surface area contributed by atoms with Crippen LogP contribution in [0.3, 0.4) is 0 Å². The van der Waals surface area contributed by atoms with Gasteiger partial charge in [0.05, 0.1) is 77.6 Å². The normalized spacial score (nSPS) is 10.9. The van der Waals surface area contributed by atoms with Gasteiger partial charge < -0.3 is 13.7 Å². The molecule has 0 unspecified atom stereocenters. The maximum absolute atomic E-state index is 10.4. The van der Waals surface area contributed by atoms with E-state index in [4.69, 9.17) is 32.9 Å². The summed E-state index contributed by atoms with van der Waals surface area (Å²) >= 11 is 0. The lowest BCUT2D eigenvalue weighted by molar-refractivity contribution is 1.18. The molecule has 0 aliphatic heterocycles. The molecule has 0 bridgehead atoms. The van der Waals surface area contributed by atoms with Gasteiger partial charge in [0.1, 0.15) is 0 Å². The van der Waals surface area contributed by atoms with E-state index < -0.39 is 24.2 Å². The van der Waals surface area contributed by atoms with Gasteiger partial charge in [0, 0.05) is 33.2 Å². The number of nitriles is 1. The molecule has 712 valence electrons. The molecule has 9 nitrogen and oxygen atoms in total. The average molecular weight is 1960 g/mol. The molecular weight excluding hydrogens is 1860 g/mol. The van der Waals surface area contributed by atoms with Crippen molar-refractivity contribution in [2.75, 3.05) is 0 Å². The summed E-state index contributed by atoms with van der Waals surface area (Å²) in [4.78, 5) is 19.2. The van der Waals surface area contributed by atoms with Crippen LogP contribution in [0, 0.1) is 44.2 Å². The monoisotopic (exact) mass is 1960 g/mol. The fraction of sp³-hybridized carbons (Fsp3) is 0.0365. The highest BCUT2D eigenvalue weighted by Gasteiger charge is 2.45. The average Bonchev–Trinajstić information content (AvgIpc) is 1.73. The molecule has 0 amide bonds. The second kappa shape index (κ2) is 44.2. The molecule has 21 aromatic carbocycles. The Hall–Kier alpha value is -19.4. The topological polar surface area (TPSA) is 60.4 Å². The molecule has 24 rings (SSSR count). The maximum atomic E-state index is 10.4. The van der Waals surface area contributed by atoms with E-state index in [0.29, 0.717) is 34.0 Å². The number of hydrogen-bond acceptors (Lipinski definition) is 1. The quantitative estimate of drug-likeness (QED) is 0.0480. The summed E-state index contributed by atoms with van der Waals surface area (Å²) in [5.74, 6) is 0. The standard InChI is InChI=1S/3C44H29N3Si.5CH4/c1-45-33-25-28-44-41(30-33)40-23-12-13-24-43(40)47(44)34-16-14-15-32(29-34)39-27-26-38(31-42(39)46-2)48(35-17-6-3-7-18-35,36-19-8-4-9-20-36)37-21-10-5-11-22-37;1-45-33-24-29-44-41(30-33)39-20-12-13-21-43(39)47(44)34-25-22-32(23-26-34)40-31-38(27-28-42(40)46-2)48(35-14-6-3-7-15-35,36-16-8-4-9-17-36)37-18-10-5-11-19-37;1-46-34-23-28-44-42(30-34)41-19-11-12-20-43(41)47(44)35-24-27-40(33(29-35)31-45)32-21-25-39(26-22-32)48(36-13-5-2-6-14-36,37-15-7-3-8-16-37)38-17-9-4-10-18-38;;;;;/h2*3-31H;2-30H;5*1H4. The Morgan fingerprint density at radius 1 is 0.181 bits per heavy atom. The zero-order chi connectivity index (χ0) is 97.5. The summed E-state index contributed by atoms with van der Waals surface area (Å²) in [5, 5.41) is 32.3. The summed E-state index contributed by atoms with van der Waals surface area (Å²) in [5.41, 5.74) is 18.8. The minimum Gasteiger partial charge on any atom is -0.309 e. The van der Waals surface area contributed by atoms with Crippen molar-refractivity contribution >= 4 is 180 Å². The van der Waals surface area contributed by atoms with Crippen LogP contribution in [0.1, 0.15) is 42.7 Å². The molecule has 0 aliphatic carbocycles. The number of rotatable bonds is 18. The molecule has 0 atom stereocenters. The largest absolute Gasteiger partial charge is 0.309 e. The fourth-order valence-electron chi connectivity index (χ4n) is 21.8. The van der Waals surface area contributed by atoms with Crippen LogP contribution < -0.4 is 62.2 Å². The van der Waals surface area contributed by atoms with E-state index in [1.54, 1.807) is 0 Å². The molecule has 0 fully saturated rings. The molecule has 0 aliphatic rings. The Balaban J connectivity index is 0.000000150. The van der Waals surface area contributed by atoms with E-state index in [2.05, 4.69) is 481 Å². The van der Waals surface area contributed by atoms with Crippen molar-refractivity contribution in [2.45, 2.75) is 37.1 Å². The zero-order valence-corrected chi connectivity index (χ0v) is 81.3. The summed E-state index contributed by atoms with van der Waals surface area (Å²) in [7, 11) is -8.15. The van der Waals surface area contributed by atoms with Crippen LogP contribution in [-0.2, 0) is 0 Å². The first-order valence-corrected chi connectivity index (χ1v) is 53.8. The number of para-hydroxylation sites is 3. The summed E-state index contributed by atoms with van der Waals surface area (Å²) < 4.78 is 6.70. The molecule has 0 N–H and O–H groups in total. The molecular formula is C137H107N9Si3. The van der Waals surface area contributed by atoms with Crippen LogP contribution in [0.4, 0.5) is 28.4 Å². The van der Waals surface area contributed by atoms with Crippen molar-refractivity contribution in [3.63, 3.8) is 0 Å². The first-order chi connectivity index (χ1) is 71.2. The number of benzene rings is 21. The van der Waals surface area contributed by atoms with E-state index in [9.17, 15) is 5.26 Å². The highest BCUT2D eigenvalue weighted by atomic mass is 28.3. The van der Waals surface area contributed by atoms with Gasteiger partial charge in [-0.25, -0.2) is 24.2 Å². The molecule has 149 heavy (non-hydrogen) atoms. The van der Waals surface area contributed by atoms with Crippen molar-refractivity contribution in [3.05, 3.63) is 590 Å². The van der Waals surface area contributed by atoms with Crippen LogP contribution in [0.2, 0.25) is 0 Å². The van der Waals surface area contributed by atoms with E-state index in [1.807, 2.05) is 91.0 Å². The first kappa shape index (κ1) is 101. The van der Waals surface area contributed by atoms with Crippen LogP contribution >= 0.6 is 0 Å². The first-order valence-electron chi connectivity index (χ1n) is 47.8. The molecule has 3 heterocycles. The van der Waals surface area contributed by atoms with Crippen molar-refractivity contribution in [3.8, 4) is 56.5 Å². The highest BCUT2D eigenvalue weighted by molar-refractivity contribution is 7.21. The van der Waals surface area contributed by atoms with Crippen molar-refractivity contribution in [2.24, 2.45) is 0 Å². The van der Waals surface area contributed by atoms with Crippen LogP contribution in [0.25, 0.3) is 140 Å². The second-order valence-corrected chi connectivity index (χ2v) is 47.2. The van der Waals surface area contributed by atoms with Crippen LogP contribution in [0.5, 0.6) is 0 Å². The Labute approximate surface area is 876 Å². The van der Waals surface area contributed by atoms with Gasteiger partial charge in [-0.15, -0.1) is 0 Å². The minimum atomic E-state index is -2.76. The van der Waals surface area contributed by atoms with Crippen LogP contribution in [0.15, 0.2) is 528 Å². The van der Waals surface area contributed by atoms with Gasteiger partial charge in [0.2, 0.25) is 0 Å². The number of aromatic nitrogens is 3. The van der Waals surface area contributed by atoms with Crippen LogP contribution in [-0.4, -0.2) is 37.9 Å². The summed E-state index contributed by atoms with van der Waals surface area (Å²) in [6, 6.07) is 188. The fourth-order valence-corrected chi connectivity index (χ4v) is 36.1. The van der Waals surface area contributed by atoms with Crippen molar-refractivity contribution in [1.82, 2.24) is 13.7 Å². The van der Waals surface area contributed by atoms with E-state index in [-0.39, 0.29) is 37.1 Å². The third kappa shape index (κ3) is 18.1. The molecule has 0 radical (unpaired) electrons.